The van der Waals surface area contributed by atoms with Gasteiger partial charge in [0.2, 0.25) is 0 Å². The average Bonchev–Trinajstić information content (AvgIpc) is 1.50. The molecule has 6 heterocycles. The highest BCUT2D eigenvalue weighted by atomic mass is 16.3. The van der Waals surface area contributed by atoms with Crippen LogP contribution in [0, 0.1) is 13.8 Å². The van der Waals surface area contributed by atoms with Gasteiger partial charge >= 0.3 is 0 Å². The van der Waals surface area contributed by atoms with Crippen LogP contribution in [0.15, 0.2) is 313 Å². The molecule has 14 aromatic carbocycles. The van der Waals surface area contributed by atoms with E-state index in [0.29, 0.717) is 0 Å². The van der Waals surface area contributed by atoms with Crippen LogP contribution in [0.1, 0.15) is 29.4 Å². The third kappa shape index (κ3) is 8.24. The zero-order valence-corrected chi connectivity index (χ0v) is 54.8. The molecule has 0 bridgehead atoms. The van der Waals surface area contributed by atoms with Gasteiger partial charge < -0.3 is 27.4 Å². The summed E-state index contributed by atoms with van der Waals surface area (Å²) in [5, 5.41) is 12.8. The molecule has 0 unspecified atom stereocenters. The molecule has 20 aromatic rings. The van der Waals surface area contributed by atoms with Crippen molar-refractivity contribution in [3.8, 4) is 44.5 Å². The molecule has 6 heteroatoms. The summed E-state index contributed by atoms with van der Waals surface area (Å²) in [7, 11) is 0. The largest absolute Gasteiger partial charge is 0.454 e. The van der Waals surface area contributed by atoms with Gasteiger partial charge in [0.15, 0.2) is 11.2 Å². The minimum Gasteiger partial charge on any atom is -0.454 e. The third-order valence-corrected chi connectivity index (χ3v) is 20.9. The number of benzene rings is 14. The molecule has 466 valence electrons. The molecule has 99 heavy (non-hydrogen) atoms. The summed E-state index contributed by atoms with van der Waals surface area (Å²) < 4.78 is 19.1. The minimum absolute atomic E-state index is 0.742. The summed E-state index contributed by atoms with van der Waals surface area (Å²) >= 11 is 0. The molecule has 0 saturated heterocycles. The second-order valence-electron chi connectivity index (χ2n) is 26.3. The highest BCUT2D eigenvalue weighted by Gasteiger charge is 2.33. The number of fused-ring (bicyclic) bond motifs is 16. The van der Waals surface area contributed by atoms with Crippen LogP contribution >= 0.6 is 0 Å². The van der Waals surface area contributed by atoms with Crippen molar-refractivity contribution in [1.82, 2.24) is 8.80 Å². The van der Waals surface area contributed by atoms with E-state index in [9.17, 15) is 0 Å². The molecule has 0 radical (unpaired) electrons. The second-order valence-corrected chi connectivity index (χ2v) is 26.3. The predicted octanol–water partition coefficient (Wildman–Crippen LogP) is 26.5. The van der Waals surface area contributed by atoms with Crippen molar-refractivity contribution in [2.24, 2.45) is 0 Å². The number of rotatable bonds is 12. The van der Waals surface area contributed by atoms with Gasteiger partial charge in [-0.05, 0) is 138 Å². The number of aromatic nitrogens is 2. The molecule has 0 aliphatic carbocycles. The van der Waals surface area contributed by atoms with Crippen molar-refractivity contribution >= 4 is 155 Å². The van der Waals surface area contributed by atoms with Crippen molar-refractivity contribution in [3.63, 3.8) is 0 Å². The van der Waals surface area contributed by atoms with Gasteiger partial charge in [0, 0.05) is 98.7 Å². The van der Waals surface area contributed by atoms with Gasteiger partial charge in [-0.15, -0.1) is 0 Å². The zero-order valence-electron chi connectivity index (χ0n) is 54.8. The number of para-hydroxylation sites is 5. The molecule has 0 aliphatic heterocycles. The maximum absolute atomic E-state index is 6.93. The summed E-state index contributed by atoms with van der Waals surface area (Å²) in [4.78, 5) is 4.84. The van der Waals surface area contributed by atoms with Crippen molar-refractivity contribution in [1.29, 1.82) is 0 Å². The number of nitrogens with zero attached hydrogens (tertiary/aromatic N) is 4. The van der Waals surface area contributed by atoms with Crippen molar-refractivity contribution in [2.75, 3.05) is 9.80 Å². The van der Waals surface area contributed by atoms with Gasteiger partial charge in [-0.1, -0.05) is 243 Å². The molecule has 0 spiro atoms. The van der Waals surface area contributed by atoms with E-state index in [1.807, 2.05) is 13.0 Å². The van der Waals surface area contributed by atoms with Crippen LogP contribution < -0.4 is 9.80 Å². The van der Waals surface area contributed by atoms with Gasteiger partial charge in [-0.25, -0.2) is 0 Å². The lowest BCUT2D eigenvalue weighted by atomic mass is 9.89. The number of furan rings is 2. The lowest BCUT2D eigenvalue weighted by Gasteiger charge is -2.28. The smallest absolute Gasteiger partial charge is 0.159 e. The van der Waals surface area contributed by atoms with E-state index in [0.717, 1.165) is 139 Å². The van der Waals surface area contributed by atoms with Gasteiger partial charge in [0.1, 0.15) is 11.3 Å². The molecule has 0 saturated carbocycles. The Hall–Kier alpha value is -12.9. The fraction of sp³-hybridized carbons (Fsp3) is 0.0323. The highest BCUT2D eigenvalue weighted by molar-refractivity contribution is 6.38. The molecular formula is C93H62N4O2. The predicted molar refractivity (Wildman–Crippen MR) is 418 cm³/mol. The summed E-state index contributed by atoms with van der Waals surface area (Å²) in [6.07, 6.45) is 6.02. The summed E-state index contributed by atoms with van der Waals surface area (Å²) in [6, 6.07) is 107. The Bertz CT molecular complexity index is 6710. The number of anilines is 6. The first-order valence-electron chi connectivity index (χ1n) is 34.0. The minimum atomic E-state index is 0.742. The SMILES string of the molecule is C=Cc1oc2c(N(c3ccc4c(c3)c3cccc5c6c(-c7ccccc7)c7c(c(-c8ccccc8)c6n4c35)c3cccc4c5cc(N(c6cc(-c8ccccc8)ccc6C)c6cccc8c6oc6ccccc68)ccc5n7c43)c3cc(-c4ccccc4)ccc3C)cccc2c1/C=C\C. The Morgan fingerprint density at radius 2 is 0.758 bits per heavy atom. The summed E-state index contributed by atoms with van der Waals surface area (Å²) in [6.45, 7) is 10.7. The quantitative estimate of drug-likeness (QED) is 0.122. The fourth-order valence-electron chi connectivity index (χ4n) is 16.6. The zero-order chi connectivity index (χ0) is 65.7. The molecule has 6 aromatic heterocycles. The van der Waals surface area contributed by atoms with E-state index in [4.69, 9.17) is 8.83 Å². The third-order valence-electron chi connectivity index (χ3n) is 20.9. The van der Waals surface area contributed by atoms with E-state index in [1.165, 1.54) is 70.9 Å². The van der Waals surface area contributed by atoms with Crippen LogP contribution in [0.2, 0.25) is 0 Å². The Labute approximate surface area is 571 Å². The maximum Gasteiger partial charge on any atom is 0.159 e. The van der Waals surface area contributed by atoms with E-state index in [1.54, 1.807) is 0 Å². The number of aryl methyl sites for hydroxylation is 2. The van der Waals surface area contributed by atoms with Crippen molar-refractivity contribution in [3.05, 3.63) is 326 Å². The van der Waals surface area contributed by atoms with Gasteiger partial charge in [0.05, 0.1) is 44.5 Å². The van der Waals surface area contributed by atoms with Gasteiger partial charge in [-0.2, -0.15) is 0 Å². The monoisotopic (exact) mass is 1270 g/mol. The van der Waals surface area contributed by atoms with Crippen LogP contribution in [-0.4, -0.2) is 8.80 Å². The highest BCUT2D eigenvalue weighted by Crippen LogP contribution is 2.56. The Balaban J connectivity index is 0.868. The number of allylic oxidation sites excluding steroid dienone is 1. The lowest BCUT2D eigenvalue weighted by molar-refractivity contribution is 0.604. The molecule has 20 rings (SSSR count). The number of hydrogen-bond donors (Lipinski definition) is 0. The Kier molecular flexibility index (Phi) is 12.4. The first-order chi connectivity index (χ1) is 48.9. The molecule has 0 aliphatic rings. The van der Waals surface area contributed by atoms with Crippen molar-refractivity contribution < 1.29 is 8.83 Å². The van der Waals surface area contributed by atoms with Crippen LogP contribution in [-0.2, 0) is 0 Å². The van der Waals surface area contributed by atoms with Gasteiger partial charge in [-0.3, -0.25) is 0 Å². The molecule has 0 fully saturated rings. The summed E-state index contributed by atoms with van der Waals surface area (Å²) in [5.41, 5.74) is 28.3. The normalized spacial score (nSPS) is 12.2. The molecule has 0 atom stereocenters. The van der Waals surface area contributed by atoms with E-state index >= 15 is 0 Å². The standard InChI is InChI=1S/C93H62N4O2/c1-5-25-66-70-37-23-41-78(92(70)98-82(66)6-2)94(80-52-62(46-44-56(80)3)58-26-11-7-12-27-58)64-48-50-76-74(54-64)68-35-21-39-72-86-85(61-32-17-10-18-33-61)91-87(84(60-30-15-9-16-31-60)90(86)96(76)88(68)72)73-40-22-36-69-75-55-65(49-51-77(75)97(91)89(69)73)95(81-53-63(47-45-57(81)4)59-28-13-8-14-29-59)79-42-24-38-71-67-34-19-20-43-83(67)99-93(71)79/h5-55H,2H2,1,3-4H3/b25-5-. The van der Waals surface area contributed by atoms with Crippen LogP contribution in [0.3, 0.4) is 0 Å². The Morgan fingerprint density at radius 1 is 0.333 bits per heavy atom. The van der Waals surface area contributed by atoms with Crippen molar-refractivity contribution in [2.45, 2.75) is 20.8 Å². The average molecular weight is 1270 g/mol. The van der Waals surface area contributed by atoms with E-state index < -0.39 is 0 Å². The molecule has 0 N–H and O–H groups in total. The molecule has 6 nitrogen and oxygen atoms in total. The second kappa shape index (κ2) is 21.8. The van der Waals surface area contributed by atoms with Crippen LogP contribution in [0.25, 0.3) is 166 Å². The van der Waals surface area contributed by atoms with E-state index in [2.05, 4.69) is 342 Å². The topological polar surface area (TPSA) is 41.6 Å². The molecular weight excluding hydrogens is 1210 g/mol. The maximum atomic E-state index is 6.93. The first-order valence-corrected chi connectivity index (χ1v) is 34.0. The van der Waals surface area contributed by atoms with Gasteiger partial charge in [0.25, 0.3) is 0 Å². The van der Waals surface area contributed by atoms with E-state index in [-0.39, 0.29) is 0 Å². The lowest BCUT2D eigenvalue weighted by Crippen LogP contribution is -2.12. The summed E-state index contributed by atoms with van der Waals surface area (Å²) in [5.74, 6) is 0.742. The van der Waals surface area contributed by atoms with Crippen LogP contribution in [0.4, 0.5) is 34.1 Å². The first kappa shape index (κ1) is 56.4. The molecule has 0 amide bonds. The Morgan fingerprint density at radius 3 is 1.25 bits per heavy atom. The number of hydrogen-bond acceptors (Lipinski definition) is 4. The fourth-order valence-corrected chi connectivity index (χ4v) is 16.6. The van der Waals surface area contributed by atoms with Crippen LogP contribution in [0.5, 0.6) is 0 Å².